The fraction of sp³-hybridized carbons (Fsp3) is 0. The number of nitriles is 1. The first-order chi connectivity index (χ1) is 8.60. The van der Waals surface area contributed by atoms with E-state index < -0.39 is 11.6 Å². The average Bonchev–Trinajstić information content (AvgIpc) is 2.33. The summed E-state index contributed by atoms with van der Waals surface area (Å²) in [5.41, 5.74) is -0.105. The molecule has 0 fully saturated rings. The molecule has 3 nitrogen and oxygen atoms in total. The van der Waals surface area contributed by atoms with Gasteiger partial charge in [0.05, 0.1) is 5.56 Å². The van der Waals surface area contributed by atoms with Crippen LogP contribution in [0.5, 0.6) is 11.6 Å². The molecule has 0 amide bonds. The smallest absolute Gasteiger partial charge is 0.255 e. The van der Waals surface area contributed by atoms with E-state index in [0.717, 1.165) is 6.07 Å². The maximum atomic E-state index is 13.4. The number of nitrogens with zero attached hydrogens (tertiary/aromatic N) is 2. The Labute approximate surface area is 110 Å². The minimum atomic E-state index is -0.729. The van der Waals surface area contributed by atoms with Gasteiger partial charge in [-0.1, -0.05) is 0 Å². The van der Waals surface area contributed by atoms with Crippen molar-refractivity contribution in [1.82, 2.24) is 4.98 Å². The lowest BCUT2D eigenvalue weighted by Gasteiger charge is -2.06. The lowest BCUT2D eigenvalue weighted by molar-refractivity contribution is 0.419. The number of hydrogen-bond acceptors (Lipinski definition) is 3. The van der Waals surface area contributed by atoms with Crippen LogP contribution in [0.4, 0.5) is 8.78 Å². The average molecular weight is 311 g/mol. The van der Waals surface area contributed by atoms with Gasteiger partial charge in [0.2, 0.25) is 0 Å². The Balaban J connectivity index is 2.29. The summed E-state index contributed by atoms with van der Waals surface area (Å²) in [6, 6.07) is 6.48. The fourth-order valence-corrected chi connectivity index (χ4v) is 1.54. The van der Waals surface area contributed by atoms with Crippen LogP contribution < -0.4 is 4.74 Å². The van der Waals surface area contributed by atoms with Crippen LogP contribution in [0.3, 0.4) is 0 Å². The van der Waals surface area contributed by atoms with Crippen molar-refractivity contribution in [3.05, 3.63) is 52.1 Å². The van der Waals surface area contributed by atoms with E-state index in [4.69, 9.17) is 10.00 Å². The quantitative estimate of drug-likeness (QED) is 0.848. The summed E-state index contributed by atoms with van der Waals surface area (Å²) in [7, 11) is 0. The summed E-state index contributed by atoms with van der Waals surface area (Å²) in [5, 5.41) is 8.57. The molecule has 0 spiro atoms. The Morgan fingerprint density at radius 2 is 2.00 bits per heavy atom. The third-order valence-corrected chi connectivity index (χ3v) is 2.48. The standard InChI is InChI=1S/C12H5BrF2N2O/c13-8-3-11(15)12(17-6-8)18-9-2-1-7(5-16)10(14)4-9/h1-4,6H. The zero-order chi connectivity index (χ0) is 13.1. The second-order valence-corrected chi connectivity index (χ2v) is 4.21. The van der Waals surface area contributed by atoms with E-state index in [1.54, 1.807) is 6.07 Å². The topological polar surface area (TPSA) is 45.9 Å². The van der Waals surface area contributed by atoms with E-state index in [9.17, 15) is 8.78 Å². The molecular weight excluding hydrogens is 306 g/mol. The minimum Gasteiger partial charge on any atom is -0.436 e. The number of benzene rings is 1. The van der Waals surface area contributed by atoms with E-state index in [-0.39, 0.29) is 17.2 Å². The van der Waals surface area contributed by atoms with E-state index in [0.29, 0.717) is 4.47 Å². The molecule has 0 aliphatic heterocycles. The molecule has 6 heteroatoms. The van der Waals surface area contributed by atoms with Gasteiger partial charge in [-0.05, 0) is 34.1 Å². The number of pyridine rings is 1. The Bertz CT molecular complexity index is 640. The highest BCUT2D eigenvalue weighted by molar-refractivity contribution is 9.10. The van der Waals surface area contributed by atoms with Gasteiger partial charge in [-0.25, -0.2) is 13.8 Å². The number of hydrogen-bond donors (Lipinski definition) is 0. The fourth-order valence-electron chi connectivity index (χ4n) is 1.24. The Morgan fingerprint density at radius 3 is 2.61 bits per heavy atom. The zero-order valence-electron chi connectivity index (χ0n) is 8.82. The van der Waals surface area contributed by atoms with Crippen molar-refractivity contribution in [1.29, 1.82) is 5.26 Å². The maximum Gasteiger partial charge on any atom is 0.255 e. The molecule has 90 valence electrons. The van der Waals surface area contributed by atoms with Gasteiger partial charge in [0, 0.05) is 16.7 Å². The van der Waals surface area contributed by atoms with Crippen molar-refractivity contribution >= 4 is 15.9 Å². The summed E-state index contributed by atoms with van der Waals surface area (Å²) >= 11 is 3.06. The van der Waals surface area contributed by atoms with Crippen LogP contribution in [0.2, 0.25) is 0 Å². The molecule has 18 heavy (non-hydrogen) atoms. The van der Waals surface area contributed by atoms with Gasteiger partial charge in [-0.3, -0.25) is 0 Å². The zero-order valence-corrected chi connectivity index (χ0v) is 10.4. The summed E-state index contributed by atoms with van der Waals surface area (Å²) in [4.78, 5) is 3.71. The van der Waals surface area contributed by atoms with Crippen LogP contribution in [-0.4, -0.2) is 4.98 Å². The molecule has 0 saturated heterocycles. The predicted molar refractivity (Wildman–Crippen MR) is 63.1 cm³/mol. The number of rotatable bonds is 2. The lowest BCUT2D eigenvalue weighted by Crippen LogP contribution is -1.93. The second-order valence-electron chi connectivity index (χ2n) is 3.30. The van der Waals surface area contributed by atoms with Gasteiger partial charge in [-0.15, -0.1) is 0 Å². The molecule has 0 unspecified atom stereocenters. The molecule has 1 aromatic heterocycles. The number of halogens is 3. The van der Waals surface area contributed by atoms with Gasteiger partial charge in [-0.2, -0.15) is 5.26 Å². The van der Waals surface area contributed by atoms with Crippen LogP contribution in [0.1, 0.15) is 5.56 Å². The van der Waals surface area contributed by atoms with Crippen molar-refractivity contribution < 1.29 is 13.5 Å². The molecule has 0 bridgehead atoms. The molecule has 2 aromatic rings. The van der Waals surface area contributed by atoms with E-state index in [2.05, 4.69) is 20.9 Å². The maximum absolute atomic E-state index is 13.4. The summed E-state index contributed by atoms with van der Waals surface area (Å²) in [6.45, 7) is 0. The minimum absolute atomic E-state index is 0.0697. The molecule has 1 heterocycles. The van der Waals surface area contributed by atoms with E-state index in [1.165, 1.54) is 24.4 Å². The van der Waals surface area contributed by atoms with Crippen molar-refractivity contribution in [2.45, 2.75) is 0 Å². The normalized spacial score (nSPS) is 9.89. The molecule has 0 aliphatic rings. The molecule has 0 atom stereocenters. The lowest BCUT2D eigenvalue weighted by atomic mass is 10.2. The van der Waals surface area contributed by atoms with Crippen LogP contribution >= 0.6 is 15.9 Å². The monoisotopic (exact) mass is 310 g/mol. The summed E-state index contributed by atoms with van der Waals surface area (Å²) < 4.78 is 32.3. The third kappa shape index (κ3) is 2.63. The van der Waals surface area contributed by atoms with E-state index in [1.807, 2.05) is 0 Å². The third-order valence-electron chi connectivity index (χ3n) is 2.05. The Kier molecular flexibility index (Phi) is 3.53. The van der Waals surface area contributed by atoms with Crippen molar-refractivity contribution in [3.63, 3.8) is 0 Å². The molecule has 0 N–H and O–H groups in total. The molecule has 0 aliphatic carbocycles. The first-order valence-corrected chi connectivity index (χ1v) is 5.58. The SMILES string of the molecule is N#Cc1ccc(Oc2ncc(Br)cc2F)cc1F. The first-order valence-electron chi connectivity index (χ1n) is 4.78. The van der Waals surface area contributed by atoms with Crippen LogP contribution in [0.15, 0.2) is 34.9 Å². The highest BCUT2D eigenvalue weighted by Crippen LogP contribution is 2.25. The molecular formula is C12H5BrF2N2O. The van der Waals surface area contributed by atoms with Crippen LogP contribution in [0.25, 0.3) is 0 Å². The molecule has 2 rings (SSSR count). The highest BCUT2D eigenvalue weighted by Gasteiger charge is 2.09. The summed E-state index contributed by atoms with van der Waals surface area (Å²) in [6.07, 6.45) is 1.36. The van der Waals surface area contributed by atoms with Crippen molar-refractivity contribution in [3.8, 4) is 17.7 Å². The van der Waals surface area contributed by atoms with Crippen molar-refractivity contribution in [2.24, 2.45) is 0 Å². The number of ether oxygens (including phenoxy) is 1. The second kappa shape index (κ2) is 5.10. The summed E-state index contributed by atoms with van der Waals surface area (Å²) in [5.74, 6) is -1.59. The van der Waals surface area contributed by atoms with Gasteiger partial charge in [0.25, 0.3) is 5.88 Å². The van der Waals surface area contributed by atoms with Gasteiger partial charge >= 0.3 is 0 Å². The largest absolute Gasteiger partial charge is 0.436 e. The van der Waals surface area contributed by atoms with Gasteiger partial charge in [0.15, 0.2) is 5.82 Å². The van der Waals surface area contributed by atoms with Crippen LogP contribution in [0, 0.1) is 23.0 Å². The Hall–Kier alpha value is -2.00. The predicted octanol–water partition coefficient (Wildman–Crippen LogP) is 3.79. The Morgan fingerprint density at radius 1 is 1.22 bits per heavy atom. The molecule has 0 saturated carbocycles. The van der Waals surface area contributed by atoms with Gasteiger partial charge in [0.1, 0.15) is 17.6 Å². The van der Waals surface area contributed by atoms with Crippen LogP contribution in [-0.2, 0) is 0 Å². The first kappa shape index (κ1) is 12.5. The number of aromatic nitrogens is 1. The molecule has 1 aromatic carbocycles. The van der Waals surface area contributed by atoms with E-state index >= 15 is 0 Å². The van der Waals surface area contributed by atoms with Crippen molar-refractivity contribution in [2.75, 3.05) is 0 Å². The molecule has 0 radical (unpaired) electrons. The highest BCUT2D eigenvalue weighted by atomic mass is 79.9. The van der Waals surface area contributed by atoms with Gasteiger partial charge < -0.3 is 4.74 Å².